The molecule has 3 aliphatic heterocycles. The number of cyclic esters (lactones) is 1. The van der Waals surface area contributed by atoms with E-state index in [1.165, 1.54) is 14.0 Å². The van der Waals surface area contributed by atoms with Crippen molar-refractivity contribution in [3.05, 3.63) is 11.6 Å². The second-order valence-corrected chi connectivity index (χ2v) is 14.6. The Labute approximate surface area is 247 Å². The summed E-state index contributed by atoms with van der Waals surface area (Å²) in [5.74, 6) is -0.0281. The van der Waals surface area contributed by atoms with Crippen LogP contribution in [0.5, 0.6) is 0 Å². The molecule has 7 aliphatic rings. The van der Waals surface area contributed by atoms with Crippen molar-refractivity contribution >= 4 is 11.9 Å². The molecule has 0 amide bonds. The Bertz CT molecular complexity index is 1170. The molecule has 14 atom stereocenters. The third-order valence-electron chi connectivity index (χ3n) is 13.0. The lowest BCUT2D eigenvalue weighted by molar-refractivity contribution is -0.315. The standard InChI is InChI=1S/C32H46O10/c1-16-25(35)26(37-5)27(40-17(2)33)28(39-16)41-20-6-9-29(3)19(13-20)14-23-32(42-23)22(29)8-10-30(4)21(7-11-31(30,32)36)18-12-24(34)38-15-18/h12,16,19-23,25-28,35-36H,6-11,13-15H2,1-5H3/t16-,19-,20-,21-,22+,23-,25-,26+,27-,28+,29-,30+,31+,32+/m0/s1. The van der Waals surface area contributed by atoms with Crippen LogP contribution in [0.4, 0.5) is 0 Å². The lowest BCUT2D eigenvalue weighted by atomic mass is 9.43. The molecule has 7 rings (SSSR count). The fraction of sp³-hybridized carbons (Fsp3) is 0.875. The fourth-order valence-electron chi connectivity index (χ4n) is 10.8. The molecule has 234 valence electrons. The molecule has 3 heterocycles. The molecule has 0 unspecified atom stereocenters. The first-order valence-corrected chi connectivity index (χ1v) is 15.8. The largest absolute Gasteiger partial charge is 0.458 e. The smallest absolute Gasteiger partial charge is 0.331 e. The summed E-state index contributed by atoms with van der Waals surface area (Å²) in [6.07, 6.45) is 4.48. The summed E-state index contributed by atoms with van der Waals surface area (Å²) < 4.78 is 35.6. The summed E-state index contributed by atoms with van der Waals surface area (Å²) in [5.41, 5.74) is -0.815. The van der Waals surface area contributed by atoms with Crippen LogP contribution in [0.15, 0.2) is 11.6 Å². The van der Waals surface area contributed by atoms with Crippen molar-refractivity contribution < 1.29 is 48.2 Å². The van der Waals surface area contributed by atoms with Gasteiger partial charge in [-0.05, 0) is 87.0 Å². The van der Waals surface area contributed by atoms with Crippen LogP contribution >= 0.6 is 0 Å². The number of epoxide rings is 1. The zero-order valence-corrected chi connectivity index (χ0v) is 25.4. The molecule has 0 aromatic carbocycles. The molecule has 4 saturated carbocycles. The minimum absolute atomic E-state index is 0.00499. The number of fused-ring (bicyclic) bond motifs is 3. The van der Waals surface area contributed by atoms with E-state index >= 15 is 0 Å². The maximum absolute atomic E-state index is 12.6. The van der Waals surface area contributed by atoms with Crippen molar-refractivity contribution in [1.29, 1.82) is 0 Å². The van der Waals surface area contributed by atoms with E-state index in [1.807, 2.05) is 0 Å². The molecule has 4 aliphatic carbocycles. The van der Waals surface area contributed by atoms with Gasteiger partial charge in [-0.1, -0.05) is 13.8 Å². The maximum atomic E-state index is 12.6. The van der Waals surface area contributed by atoms with Crippen molar-refractivity contribution in [3.8, 4) is 0 Å². The molecular weight excluding hydrogens is 544 g/mol. The molecule has 2 N–H and O–H groups in total. The molecule has 0 radical (unpaired) electrons. The van der Waals surface area contributed by atoms with Gasteiger partial charge in [-0.25, -0.2) is 4.79 Å². The van der Waals surface area contributed by atoms with E-state index in [0.717, 1.165) is 50.5 Å². The zero-order valence-electron chi connectivity index (χ0n) is 25.4. The van der Waals surface area contributed by atoms with Crippen LogP contribution in [-0.4, -0.2) is 90.0 Å². The number of methoxy groups -OCH3 is 1. The number of carbonyl (C=O) groups is 2. The quantitative estimate of drug-likeness (QED) is 0.280. The Balaban J connectivity index is 1.09. The molecule has 10 heteroatoms. The number of esters is 2. The van der Waals surface area contributed by atoms with E-state index in [2.05, 4.69) is 13.8 Å². The first-order chi connectivity index (χ1) is 19.9. The average molecular weight is 591 g/mol. The summed E-state index contributed by atoms with van der Waals surface area (Å²) in [7, 11) is 1.49. The third-order valence-corrected chi connectivity index (χ3v) is 13.0. The fourth-order valence-corrected chi connectivity index (χ4v) is 10.8. The highest BCUT2D eigenvalue weighted by Crippen LogP contribution is 2.77. The Morgan fingerprint density at radius 3 is 2.57 bits per heavy atom. The van der Waals surface area contributed by atoms with Crippen LogP contribution < -0.4 is 0 Å². The highest BCUT2D eigenvalue weighted by atomic mass is 16.7. The number of aliphatic hydroxyl groups is 2. The van der Waals surface area contributed by atoms with Crippen LogP contribution in [0.3, 0.4) is 0 Å². The summed E-state index contributed by atoms with van der Waals surface area (Å²) >= 11 is 0. The summed E-state index contributed by atoms with van der Waals surface area (Å²) in [5, 5.41) is 23.3. The van der Waals surface area contributed by atoms with E-state index in [1.54, 1.807) is 13.0 Å². The van der Waals surface area contributed by atoms with Gasteiger partial charge < -0.3 is 38.6 Å². The van der Waals surface area contributed by atoms with Crippen LogP contribution in [0.2, 0.25) is 0 Å². The Hall–Kier alpha value is -1.56. The number of carbonyl (C=O) groups excluding carboxylic acids is 2. The van der Waals surface area contributed by atoms with Crippen molar-refractivity contribution in [1.82, 2.24) is 0 Å². The van der Waals surface area contributed by atoms with Gasteiger partial charge in [-0.3, -0.25) is 4.79 Å². The van der Waals surface area contributed by atoms with Gasteiger partial charge in [-0.15, -0.1) is 0 Å². The van der Waals surface area contributed by atoms with Crippen molar-refractivity contribution in [3.63, 3.8) is 0 Å². The van der Waals surface area contributed by atoms with E-state index < -0.39 is 47.9 Å². The predicted molar refractivity (Wildman–Crippen MR) is 147 cm³/mol. The Morgan fingerprint density at radius 1 is 1.10 bits per heavy atom. The van der Waals surface area contributed by atoms with Gasteiger partial charge in [0, 0.05) is 25.5 Å². The number of aliphatic hydroxyl groups excluding tert-OH is 1. The van der Waals surface area contributed by atoms with Gasteiger partial charge in [0.05, 0.1) is 18.3 Å². The lowest BCUT2D eigenvalue weighted by Crippen LogP contribution is -2.68. The topological polar surface area (TPSA) is 133 Å². The number of hydrogen-bond acceptors (Lipinski definition) is 10. The first kappa shape index (κ1) is 29.2. The monoisotopic (exact) mass is 590 g/mol. The average Bonchev–Trinajstić information content (AvgIpc) is 3.38. The molecule has 0 aromatic rings. The van der Waals surface area contributed by atoms with Gasteiger partial charge >= 0.3 is 11.9 Å². The molecule has 42 heavy (non-hydrogen) atoms. The highest BCUT2D eigenvalue weighted by molar-refractivity contribution is 5.85. The lowest BCUT2D eigenvalue weighted by Gasteiger charge is -2.62. The van der Waals surface area contributed by atoms with Crippen molar-refractivity contribution in [2.75, 3.05) is 13.7 Å². The number of hydrogen-bond donors (Lipinski definition) is 2. The van der Waals surface area contributed by atoms with Crippen LogP contribution in [0.25, 0.3) is 0 Å². The molecule has 6 fully saturated rings. The second-order valence-electron chi connectivity index (χ2n) is 14.6. The van der Waals surface area contributed by atoms with Gasteiger partial charge in [0.15, 0.2) is 12.4 Å². The molecule has 2 saturated heterocycles. The highest BCUT2D eigenvalue weighted by Gasteiger charge is 2.84. The zero-order chi connectivity index (χ0) is 29.8. The number of rotatable bonds is 5. The van der Waals surface area contributed by atoms with E-state index in [4.69, 9.17) is 28.4 Å². The molecule has 0 bridgehead atoms. The Kier molecular flexibility index (Phi) is 6.75. The number of ether oxygens (including phenoxy) is 6. The first-order valence-electron chi connectivity index (χ1n) is 15.8. The SMILES string of the molecule is CO[C@@H]1[C@@H](O)[C@H](C)O[C@H](O[C@H]2CC[C@@]3(C)[C@@H](C2)C[C@@H]2O[C@]24[C@@H]3CC[C@]2(C)[C@H](C3=CC(=O)OC3)CC[C@]42O)[C@H]1OC(C)=O. The predicted octanol–water partition coefficient (Wildman–Crippen LogP) is 2.81. The minimum atomic E-state index is -0.941. The van der Waals surface area contributed by atoms with Gasteiger partial charge in [0.2, 0.25) is 0 Å². The Morgan fingerprint density at radius 2 is 1.88 bits per heavy atom. The summed E-state index contributed by atoms with van der Waals surface area (Å²) in [6, 6.07) is 0. The van der Waals surface area contributed by atoms with Crippen LogP contribution in [0, 0.1) is 28.6 Å². The minimum Gasteiger partial charge on any atom is -0.458 e. The van der Waals surface area contributed by atoms with Crippen molar-refractivity contribution in [2.45, 2.75) is 133 Å². The normalized spacial score (nSPS) is 54.5. The summed E-state index contributed by atoms with van der Waals surface area (Å²) in [4.78, 5) is 23.8. The third kappa shape index (κ3) is 3.84. The maximum Gasteiger partial charge on any atom is 0.331 e. The molecule has 1 spiro atoms. The van der Waals surface area contributed by atoms with E-state index in [9.17, 15) is 19.8 Å². The van der Waals surface area contributed by atoms with Crippen molar-refractivity contribution in [2.24, 2.45) is 28.6 Å². The van der Waals surface area contributed by atoms with Gasteiger partial charge in [0.1, 0.15) is 30.0 Å². The van der Waals surface area contributed by atoms with Gasteiger partial charge in [-0.2, -0.15) is 0 Å². The van der Waals surface area contributed by atoms with Gasteiger partial charge in [0.25, 0.3) is 0 Å². The summed E-state index contributed by atoms with van der Waals surface area (Å²) in [6.45, 7) is 8.04. The second kappa shape index (κ2) is 9.72. The molecule has 0 aromatic heterocycles. The van der Waals surface area contributed by atoms with Crippen LogP contribution in [-0.2, 0) is 38.0 Å². The van der Waals surface area contributed by atoms with E-state index in [-0.39, 0.29) is 40.8 Å². The van der Waals surface area contributed by atoms with Crippen LogP contribution in [0.1, 0.15) is 79.1 Å². The molecular formula is C32H46O10. The van der Waals surface area contributed by atoms with E-state index in [0.29, 0.717) is 18.9 Å². The molecule has 10 nitrogen and oxygen atoms in total.